The molecule has 0 aliphatic carbocycles. The van der Waals surface area contributed by atoms with Gasteiger partial charge in [0, 0.05) is 0 Å². The third-order valence-electron chi connectivity index (χ3n) is 1.32. The summed E-state index contributed by atoms with van der Waals surface area (Å²) in [5, 5.41) is 0. The Morgan fingerprint density at radius 3 is 2.36 bits per heavy atom. The standard InChI is InChI=1S/C6H13O4P/c1-2-8-11(7)9-5-3-4-6-10-11/h2-6H2,1H3. The van der Waals surface area contributed by atoms with E-state index in [4.69, 9.17) is 13.6 Å². The highest BCUT2D eigenvalue weighted by Crippen LogP contribution is 2.50. The Bertz CT molecular complexity index is 147. The highest BCUT2D eigenvalue weighted by molar-refractivity contribution is 7.48. The lowest BCUT2D eigenvalue weighted by molar-refractivity contribution is 0.137. The molecular formula is C6H13O4P. The first-order valence-electron chi connectivity index (χ1n) is 3.80. The summed E-state index contributed by atoms with van der Waals surface area (Å²) < 4.78 is 26.1. The fraction of sp³-hybridized carbons (Fsp3) is 1.00. The molecule has 1 heterocycles. The molecular weight excluding hydrogens is 167 g/mol. The lowest BCUT2D eigenvalue weighted by atomic mass is 10.3. The SMILES string of the molecule is CCOP1(=O)OCCCCO1. The third kappa shape index (κ3) is 2.91. The molecule has 0 amide bonds. The Morgan fingerprint density at radius 1 is 1.36 bits per heavy atom. The van der Waals surface area contributed by atoms with Gasteiger partial charge in [-0.05, 0) is 19.8 Å². The van der Waals surface area contributed by atoms with Crippen molar-refractivity contribution in [1.29, 1.82) is 0 Å². The number of hydrogen-bond acceptors (Lipinski definition) is 4. The summed E-state index contributed by atoms with van der Waals surface area (Å²) in [5.74, 6) is 0. The Morgan fingerprint density at radius 2 is 1.91 bits per heavy atom. The molecule has 1 aliphatic heterocycles. The smallest absolute Gasteiger partial charge is 0.287 e. The maximum atomic E-state index is 11.4. The van der Waals surface area contributed by atoms with E-state index in [1.165, 1.54) is 0 Å². The third-order valence-corrected chi connectivity index (χ3v) is 2.90. The van der Waals surface area contributed by atoms with Crippen molar-refractivity contribution in [3.8, 4) is 0 Å². The van der Waals surface area contributed by atoms with Crippen molar-refractivity contribution in [2.24, 2.45) is 0 Å². The number of phosphoric ester groups is 1. The van der Waals surface area contributed by atoms with Crippen LogP contribution in [0.3, 0.4) is 0 Å². The van der Waals surface area contributed by atoms with Gasteiger partial charge in [0.2, 0.25) is 0 Å². The molecule has 0 aromatic rings. The van der Waals surface area contributed by atoms with Gasteiger partial charge in [-0.15, -0.1) is 0 Å². The zero-order chi connectivity index (χ0) is 8.16. The molecule has 66 valence electrons. The van der Waals surface area contributed by atoms with Crippen LogP contribution in [0.4, 0.5) is 0 Å². The minimum absolute atomic E-state index is 0.358. The van der Waals surface area contributed by atoms with Crippen LogP contribution in [-0.2, 0) is 18.1 Å². The van der Waals surface area contributed by atoms with Gasteiger partial charge in [-0.25, -0.2) is 4.57 Å². The molecule has 1 aliphatic rings. The maximum Gasteiger partial charge on any atom is 0.474 e. The highest BCUT2D eigenvalue weighted by Gasteiger charge is 2.27. The van der Waals surface area contributed by atoms with Crippen LogP contribution in [0.2, 0.25) is 0 Å². The van der Waals surface area contributed by atoms with Gasteiger partial charge in [0.05, 0.1) is 19.8 Å². The second-order valence-corrected chi connectivity index (χ2v) is 3.91. The maximum absolute atomic E-state index is 11.4. The average molecular weight is 180 g/mol. The van der Waals surface area contributed by atoms with Crippen LogP contribution in [0.1, 0.15) is 19.8 Å². The second-order valence-electron chi connectivity index (χ2n) is 2.24. The summed E-state index contributed by atoms with van der Waals surface area (Å²) in [6.45, 7) is 3.06. The average Bonchev–Trinajstić information content (AvgIpc) is 2.15. The van der Waals surface area contributed by atoms with Crippen molar-refractivity contribution in [3.63, 3.8) is 0 Å². The van der Waals surface area contributed by atoms with Crippen molar-refractivity contribution >= 4 is 7.82 Å². The first kappa shape index (κ1) is 9.20. The molecule has 0 radical (unpaired) electrons. The Balaban J connectivity index is 2.45. The van der Waals surface area contributed by atoms with Gasteiger partial charge in [-0.3, -0.25) is 13.6 Å². The van der Waals surface area contributed by atoms with E-state index in [2.05, 4.69) is 0 Å². The molecule has 5 heteroatoms. The van der Waals surface area contributed by atoms with E-state index in [0.29, 0.717) is 19.8 Å². The van der Waals surface area contributed by atoms with Gasteiger partial charge in [-0.1, -0.05) is 0 Å². The number of hydrogen-bond donors (Lipinski definition) is 0. The Labute approximate surface area is 66.4 Å². The van der Waals surface area contributed by atoms with E-state index in [1.54, 1.807) is 6.92 Å². The van der Waals surface area contributed by atoms with Gasteiger partial charge in [0.25, 0.3) is 0 Å². The summed E-state index contributed by atoms with van der Waals surface area (Å²) in [6, 6.07) is 0. The van der Waals surface area contributed by atoms with E-state index < -0.39 is 7.82 Å². The van der Waals surface area contributed by atoms with Gasteiger partial charge in [-0.2, -0.15) is 0 Å². The molecule has 0 N–H and O–H groups in total. The fourth-order valence-electron chi connectivity index (χ4n) is 0.827. The minimum Gasteiger partial charge on any atom is -0.287 e. The first-order chi connectivity index (χ1) is 5.27. The van der Waals surface area contributed by atoms with Gasteiger partial charge in [0.15, 0.2) is 0 Å². The van der Waals surface area contributed by atoms with Gasteiger partial charge in [0.1, 0.15) is 0 Å². The molecule has 0 aromatic carbocycles. The molecule has 1 saturated heterocycles. The van der Waals surface area contributed by atoms with Crippen LogP contribution in [0.5, 0.6) is 0 Å². The van der Waals surface area contributed by atoms with Gasteiger partial charge < -0.3 is 0 Å². The van der Waals surface area contributed by atoms with Gasteiger partial charge >= 0.3 is 7.82 Å². The zero-order valence-corrected chi connectivity index (χ0v) is 7.51. The van der Waals surface area contributed by atoms with Crippen molar-refractivity contribution in [2.45, 2.75) is 19.8 Å². The van der Waals surface area contributed by atoms with Crippen LogP contribution in [0.15, 0.2) is 0 Å². The normalized spacial score (nSPS) is 24.5. The molecule has 4 nitrogen and oxygen atoms in total. The predicted molar refractivity (Wildman–Crippen MR) is 40.4 cm³/mol. The molecule has 11 heavy (non-hydrogen) atoms. The van der Waals surface area contributed by atoms with Crippen LogP contribution < -0.4 is 0 Å². The highest BCUT2D eigenvalue weighted by atomic mass is 31.2. The second kappa shape index (κ2) is 4.21. The molecule has 0 saturated carbocycles. The van der Waals surface area contributed by atoms with Crippen LogP contribution in [0.25, 0.3) is 0 Å². The molecule has 1 fully saturated rings. The molecule has 0 spiro atoms. The minimum atomic E-state index is -3.16. The van der Waals surface area contributed by atoms with Crippen LogP contribution in [0, 0.1) is 0 Å². The monoisotopic (exact) mass is 180 g/mol. The summed E-state index contributed by atoms with van der Waals surface area (Å²) in [5.41, 5.74) is 0. The lowest BCUT2D eigenvalue weighted by Gasteiger charge is -2.12. The number of rotatable bonds is 2. The summed E-state index contributed by atoms with van der Waals surface area (Å²) in [4.78, 5) is 0. The number of phosphoric acid groups is 1. The predicted octanol–water partition coefficient (Wildman–Crippen LogP) is 1.96. The van der Waals surface area contributed by atoms with Crippen LogP contribution in [-0.4, -0.2) is 19.8 Å². The summed E-state index contributed by atoms with van der Waals surface area (Å²) in [7, 11) is -3.16. The van der Waals surface area contributed by atoms with E-state index in [9.17, 15) is 4.57 Å². The van der Waals surface area contributed by atoms with E-state index in [0.717, 1.165) is 12.8 Å². The summed E-state index contributed by atoms with van der Waals surface area (Å²) >= 11 is 0. The summed E-state index contributed by atoms with van der Waals surface area (Å²) in [6.07, 6.45) is 1.77. The van der Waals surface area contributed by atoms with Crippen molar-refractivity contribution in [3.05, 3.63) is 0 Å². The lowest BCUT2D eigenvalue weighted by Crippen LogP contribution is -1.96. The largest absolute Gasteiger partial charge is 0.474 e. The Hall–Kier alpha value is 0.110. The van der Waals surface area contributed by atoms with Crippen molar-refractivity contribution < 1.29 is 18.1 Å². The Kier molecular flexibility index (Phi) is 3.52. The molecule has 0 atom stereocenters. The first-order valence-corrected chi connectivity index (χ1v) is 5.26. The van der Waals surface area contributed by atoms with E-state index in [-0.39, 0.29) is 0 Å². The van der Waals surface area contributed by atoms with Crippen molar-refractivity contribution in [2.75, 3.05) is 19.8 Å². The zero-order valence-electron chi connectivity index (χ0n) is 6.62. The van der Waals surface area contributed by atoms with Crippen LogP contribution >= 0.6 is 7.82 Å². The molecule has 0 bridgehead atoms. The fourth-order valence-corrected chi connectivity index (χ4v) is 2.07. The molecule has 1 rings (SSSR count). The topological polar surface area (TPSA) is 44.8 Å². The van der Waals surface area contributed by atoms with Crippen molar-refractivity contribution in [1.82, 2.24) is 0 Å². The quantitative estimate of drug-likeness (QED) is 0.609. The molecule has 0 unspecified atom stereocenters. The van der Waals surface area contributed by atoms with E-state index in [1.807, 2.05) is 0 Å². The van der Waals surface area contributed by atoms with E-state index >= 15 is 0 Å². The molecule has 0 aromatic heterocycles.